The maximum atomic E-state index is 13.0. The third-order valence-electron chi connectivity index (χ3n) is 4.49. The van der Waals surface area contributed by atoms with E-state index in [1.165, 1.54) is 35.2 Å². The molecule has 0 N–H and O–H groups in total. The van der Waals surface area contributed by atoms with Gasteiger partial charge in [0.15, 0.2) is 0 Å². The molecule has 2 aromatic carbocycles. The zero-order valence-corrected chi connectivity index (χ0v) is 13.8. The van der Waals surface area contributed by atoms with Crippen LogP contribution in [0.1, 0.15) is 36.1 Å². The van der Waals surface area contributed by atoms with Gasteiger partial charge in [0.2, 0.25) is 5.91 Å². The molecular weight excluding hydrogens is 349 g/mol. The van der Waals surface area contributed by atoms with Crippen molar-refractivity contribution < 1.29 is 22.9 Å². The Labute approximate surface area is 147 Å². The largest absolute Gasteiger partial charge is 0.416 e. The second-order valence-electron chi connectivity index (χ2n) is 6.13. The van der Waals surface area contributed by atoms with E-state index in [9.17, 15) is 28.1 Å². The van der Waals surface area contributed by atoms with E-state index in [0.717, 1.165) is 12.1 Å². The number of amides is 1. The number of benzene rings is 2. The summed E-state index contributed by atoms with van der Waals surface area (Å²) in [5.74, 6) is -0.226. The van der Waals surface area contributed by atoms with Gasteiger partial charge in [-0.15, -0.1) is 0 Å². The molecule has 0 radical (unpaired) electrons. The van der Waals surface area contributed by atoms with Crippen molar-refractivity contribution >= 4 is 17.3 Å². The van der Waals surface area contributed by atoms with Crippen LogP contribution in [0, 0.1) is 10.1 Å². The van der Waals surface area contributed by atoms with Crippen LogP contribution >= 0.6 is 0 Å². The van der Waals surface area contributed by atoms with Crippen molar-refractivity contribution in [2.45, 2.75) is 32.0 Å². The number of carbonyl (C=O) groups excluding carboxylic acids is 1. The highest BCUT2D eigenvalue weighted by molar-refractivity contribution is 5.97. The second-order valence-corrected chi connectivity index (χ2v) is 6.13. The van der Waals surface area contributed by atoms with Crippen molar-refractivity contribution in [3.8, 4) is 0 Å². The quantitative estimate of drug-likeness (QED) is 0.588. The molecule has 136 valence electrons. The number of non-ortho nitro benzene ring substituents is 1. The van der Waals surface area contributed by atoms with Crippen molar-refractivity contribution in [1.82, 2.24) is 0 Å². The first-order chi connectivity index (χ1) is 12.2. The molecule has 26 heavy (non-hydrogen) atoms. The summed E-state index contributed by atoms with van der Waals surface area (Å²) in [4.78, 5) is 24.3. The van der Waals surface area contributed by atoms with Crippen LogP contribution in [0.4, 0.5) is 24.5 Å². The normalized spacial score (nSPS) is 15.5. The minimum Gasteiger partial charge on any atom is -0.305 e. The van der Waals surface area contributed by atoms with Gasteiger partial charge in [-0.05, 0) is 42.7 Å². The lowest BCUT2D eigenvalue weighted by Crippen LogP contribution is -2.37. The number of rotatable bonds is 3. The average molecular weight is 364 g/mol. The van der Waals surface area contributed by atoms with Gasteiger partial charge < -0.3 is 4.90 Å². The Morgan fingerprint density at radius 3 is 2.54 bits per heavy atom. The fourth-order valence-corrected chi connectivity index (χ4v) is 3.17. The predicted octanol–water partition coefficient (Wildman–Crippen LogP) is 4.65. The Balaban J connectivity index is 2.01. The van der Waals surface area contributed by atoms with Gasteiger partial charge in [0.25, 0.3) is 5.69 Å². The number of halogens is 3. The Hall–Kier alpha value is -2.90. The van der Waals surface area contributed by atoms with Crippen LogP contribution in [0.5, 0.6) is 0 Å². The van der Waals surface area contributed by atoms with Crippen LogP contribution in [0.15, 0.2) is 42.5 Å². The Morgan fingerprint density at radius 2 is 1.88 bits per heavy atom. The Morgan fingerprint density at radius 1 is 1.15 bits per heavy atom. The second kappa shape index (κ2) is 6.44. The first-order valence-electron chi connectivity index (χ1n) is 7.95. The van der Waals surface area contributed by atoms with Gasteiger partial charge in [-0.3, -0.25) is 14.9 Å². The highest BCUT2D eigenvalue weighted by Crippen LogP contribution is 2.38. The highest BCUT2D eigenvalue weighted by Gasteiger charge is 2.33. The first kappa shape index (κ1) is 17.9. The van der Waals surface area contributed by atoms with E-state index in [-0.39, 0.29) is 18.0 Å². The number of aryl methyl sites for hydroxylation is 1. The van der Waals surface area contributed by atoms with Gasteiger partial charge in [-0.1, -0.05) is 12.1 Å². The Bertz CT molecular complexity index is 880. The zero-order chi connectivity index (χ0) is 19.1. The van der Waals surface area contributed by atoms with E-state index in [0.29, 0.717) is 23.2 Å². The number of carbonyl (C=O) groups is 1. The molecular formula is C18H15F3N2O3. The van der Waals surface area contributed by atoms with Crippen molar-refractivity contribution in [1.29, 1.82) is 0 Å². The Kier molecular flexibility index (Phi) is 4.43. The maximum Gasteiger partial charge on any atom is 0.416 e. The topological polar surface area (TPSA) is 63.5 Å². The van der Waals surface area contributed by atoms with Crippen LogP contribution in [-0.4, -0.2) is 10.8 Å². The smallest absolute Gasteiger partial charge is 0.305 e. The van der Waals surface area contributed by atoms with Gasteiger partial charge in [-0.2, -0.15) is 13.2 Å². The number of anilines is 1. The number of fused-ring (bicyclic) bond motifs is 1. The zero-order valence-electron chi connectivity index (χ0n) is 13.8. The number of hydrogen-bond acceptors (Lipinski definition) is 3. The first-order valence-corrected chi connectivity index (χ1v) is 7.95. The molecule has 8 heteroatoms. The number of nitro groups is 1. The van der Waals surface area contributed by atoms with E-state index in [1.807, 2.05) is 0 Å². The summed E-state index contributed by atoms with van der Waals surface area (Å²) in [6.45, 7) is 1.64. The summed E-state index contributed by atoms with van der Waals surface area (Å²) in [6, 6.07) is 8.40. The third kappa shape index (κ3) is 3.26. The lowest BCUT2D eigenvalue weighted by atomic mass is 9.96. The molecule has 0 aromatic heterocycles. The summed E-state index contributed by atoms with van der Waals surface area (Å²) in [5.41, 5.74) is 0.619. The molecule has 1 atom stereocenters. The molecule has 0 fully saturated rings. The molecule has 0 saturated carbocycles. The van der Waals surface area contributed by atoms with E-state index >= 15 is 0 Å². The van der Waals surface area contributed by atoms with Crippen molar-refractivity contribution in [3.63, 3.8) is 0 Å². The van der Waals surface area contributed by atoms with E-state index in [1.54, 1.807) is 6.92 Å². The van der Waals surface area contributed by atoms with Crippen molar-refractivity contribution in [3.05, 3.63) is 69.3 Å². The van der Waals surface area contributed by atoms with Crippen LogP contribution in [0.3, 0.4) is 0 Å². The number of nitro benzene ring substituents is 1. The monoisotopic (exact) mass is 364 g/mol. The summed E-state index contributed by atoms with van der Waals surface area (Å²) in [7, 11) is 0. The molecule has 2 aromatic rings. The summed E-state index contributed by atoms with van der Waals surface area (Å²) >= 11 is 0. The maximum absolute atomic E-state index is 13.0. The molecule has 5 nitrogen and oxygen atoms in total. The summed E-state index contributed by atoms with van der Waals surface area (Å²) < 4.78 is 38.9. The molecule has 1 aliphatic heterocycles. The minimum atomic E-state index is -4.47. The van der Waals surface area contributed by atoms with Crippen LogP contribution in [0.2, 0.25) is 0 Å². The van der Waals surface area contributed by atoms with Gasteiger partial charge >= 0.3 is 6.18 Å². The van der Waals surface area contributed by atoms with Gasteiger partial charge in [0.1, 0.15) is 0 Å². The molecule has 1 aliphatic rings. The van der Waals surface area contributed by atoms with Crippen LogP contribution in [0.25, 0.3) is 0 Å². The van der Waals surface area contributed by atoms with Gasteiger partial charge in [0.05, 0.1) is 16.5 Å². The van der Waals surface area contributed by atoms with Crippen LogP contribution < -0.4 is 4.90 Å². The number of hydrogen-bond donors (Lipinski definition) is 0. The molecule has 3 rings (SSSR count). The number of alkyl halides is 3. The summed E-state index contributed by atoms with van der Waals surface area (Å²) in [5, 5.41) is 10.9. The van der Waals surface area contributed by atoms with Gasteiger partial charge in [0, 0.05) is 24.2 Å². The molecule has 1 unspecified atom stereocenters. The van der Waals surface area contributed by atoms with E-state index in [4.69, 9.17) is 0 Å². The summed E-state index contributed by atoms with van der Waals surface area (Å²) in [6.07, 6.45) is -3.96. The molecule has 0 bridgehead atoms. The predicted molar refractivity (Wildman–Crippen MR) is 88.8 cm³/mol. The van der Waals surface area contributed by atoms with Crippen molar-refractivity contribution in [2.24, 2.45) is 0 Å². The van der Waals surface area contributed by atoms with Crippen molar-refractivity contribution in [2.75, 3.05) is 4.90 Å². The average Bonchev–Trinajstić information content (AvgIpc) is 2.60. The lowest BCUT2D eigenvalue weighted by Gasteiger charge is -2.34. The van der Waals surface area contributed by atoms with Gasteiger partial charge in [-0.25, -0.2) is 0 Å². The standard InChI is InChI=1S/C18H15F3N2O3/c1-11(12-3-2-4-14(9-12)18(19,20)21)22-16-7-6-15(23(25)26)10-13(16)5-8-17(22)24/h2-4,6-7,9-11H,5,8H2,1H3. The van der Waals surface area contributed by atoms with E-state index < -0.39 is 22.7 Å². The number of nitrogens with zero attached hydrogens (tertiary/aromatic N) is 2. The molecule has 0 aliphatic carbocycles. The molecule has 0 spiro atoms. The molecule has 1 amide bonds. The highest BCUT2D eigenvalue weighted by atomic mass is 19.4. The van der Waals surface area contributed by atoms with Crippen LogP contribution in [-0.2, 0) is 17.4 Å². The fraction of sp³-hybridized carbons (Fsp3) is 0.278. The SMILES string of the molecule is CC(c1cccc(C(F)(F)F)c1)N1C(=O)CCc2cc([N+](=O)[O-])ccc21. The fourth-order valence-electron chi connectivity index (χ4n) is 3.17. The van der Waals surface area contributed by atoms with E-state index in [2.05, 4.69) is 0 Å². The third-order valence-corrected chi connectivity index (χ3v) is 4.49. The molecule has 0 saturated heterocycles. The minimum absolute atomic E-state index is 0.0789. The lowest BCUT2D eigenvalue weighted by molar-refractivity contribution is -0.384. The molecule has 1 heterocycles.